The highest BCUT2D eigenvalue weighted by atomic mass is 32.2. The molecular formula is C17H25F2NO3S. The van der Waals surface area contributed by atoms with Crippen LogP contribution in [-0.4, -0.2) is 27.0 Å². The van der Waals surface area contributed by atoms with Gasteiger partial charge in [-0.05, 0) is 52.2 Å². The van der Waals surface area contributed by atoms with Crippen molar-refractivity contribution < 1.29 is 21.9 Å². The Morgan fingerprint density at radius 2 is 2.04 bits per heavy atom. The molecular weight excluding hydrogens is 336 g/mol. The number of rotatable bonds is 10. The van der Waals surface area contributed by atoms with Crippen LogP contribution in [0.5, 0.6) is 5.75 Å². The highest BCUT2D eigenvalue weighted by Crippen LogP contribution is 2.21. The van der Waals surface area contributed by atoms with Crippen LogP contribution in [0.25, 0.3) is 0 Å². The number of allylic oxidation sites excluding steroid dienone is 2. The molecule has 0 aromatic heterocycles. The largest absolute Gasteiger partial charge is 0.488 e. The Balaban J connectivity index is 2.78. The third-order valence-corrected chi connectivity index (χ3v) is 5.01. The minimum Gasteiger partial charge on any atom is -0.488 e. The van der Waals surface area contributed by atoms with E-state index in [4.69, 9.17) is 4.74 Å². The Bertz CT molecular complexity index is 643. The van der Waals surface area contributed by atoms with E-state index in [0.717, 1.165) is 12.8 Å². The topological polar surface area (TPSA) is 55.4 Å². The molecule has 1 aromatic rings. The molecule has 0 amide bonds. The van der Waals surface area contributed by atoms with Gasteiger partial charge in [-0.3, -0.25) is 0 Å². The number of benzene rings is 1. The smallest absolute Gasteiger partial charge is 0.272 e. The molecule has 7 heteroatoms. The van der Waals surface area contributed by atoms with Gasteiger partial charge in [0.05, 0.1) is 4.90 Å². The van der Waals surface area contributed by atoms with Crippen LogP contribution in [-0.2, 0) is 10.0 Å². The quantitative estimate of drug-likeness (QED) is 0.503. The molecule has 0 fully saturated rings. The van der Waals surface area contributed by atoms with Crippen molar-refractivity contribution in [3.63, 3.8) is 0 Å². The zero-order valence-corrected chi connectivity index (χ0v) is 15.1. The summed E-state index contributed by atoms with van der Waals surface area (Å²) in [7, 11) is -3.76. The van der Waals surface area contributed by atoms with Gasteiger partial charge in [0.15, 0.2) is 0 Å². The van der Waals surface area contributed by atoms with Gasteiger partial charge in [-0.1, -0.05) is 18.2 Å². The van der Waals surface area contributed by atoms with E-state index in [9.17, 15) is 17.2 Å². The van der Waals surface area contributed by atoms with E-state index >= 15 is 0 Å². The first-order valence-corrected chi connectivity index (χ1v) is 9.31. The van der Waals surface area contributed by atoms with Crippen LogP contribution in [0.3, 0.4) is 0 Å². The lowest BCUT2D eigenvalue weighted by atomic mass is 9.99. The summed E-state index contributed by atoms with van der Waals surface area (Å²) in [6.45, 7) is 4.80. The maximum atomic E-state index is 12.5. The molecule has 1 aromatic carbocycles. The summed E-state index contributed by atoms with van der Waals surface area (Å²) in [4.78, 5) is -0.00389. The summed E-state index contributed by atoms with van der Waals surface area (Å²) in [6, 6.07) is 5.58. The van der Waals surface area contributed by atoms with Crippen molar-refractivity contribution in [2.75, 3.05) is 6.61 Å². The first-order valence-electron chi connectivity index (χ1n) is 7.82. The first-order chi connectivity index (χ1) is 11.2. The molecule has 1 N–H and O–H groups in total. The van der Waals surface area contributed by atoms with Gasteiger partial charge in [0, 0.05) is 11.6 Å². The highest BCUT2D eigenvalue weighted by molar-refractivity contribution is 7.89. The third kappa shape index (κ3) is 7.40. The molecule has 0 aliphatic heterocycles. The zero-order valence-electron chi connectivity index (χ0n) is 14.3. The Kier molecular flexibility index (Phi) is 7.83. The van der Waals surface area contributed by atoms with Gasteiger partial charge in [0.1, 0.15) is 12.4 Å². The van der Waals surface area contributed by atoms with Gasteiger partial charge >= 0.3 is 0 Å². The predicted octanol–water partition coefficient (Wildman–Crippen LogP) is 4.13. The molecule has 24 heavy (non-hydrogen) atoms. The van der Waals surface area contributed by atoms with Crippen LogP contribution in [0.15, 0.2) is 41.3 Å². The Labute approximate surface area is 143 Å². The molecule has 136 valence electrons. The zero-order chi connectivity index (χ0) is 18.2. The molecule has 0 aliphatic rings. The molecule has 1 rings (SSSR count). The molecule has 0 saturated carbocycles. The van der Waals surface area contributed by atoms with E-state index in [1.807, 2.05) is 32.9 Å². The molecule has 4 nitrogen and oxygen atoms in total. The minimum absolute atomic E-state index is 0.00389. The second-order valence-electron chi connectivity index (χ2n) is 6.13. The molecule has 0 heterocycles. The average Bonchev–Trinajstić information content (AvgIpc) is 2.49. The van der Waals surface area contributed by atoms with Gasteiger partial charge in [0.25, 0.3) is 6.43 Å². The van der Waals surface area contributed by atoms with Gasteiger partial charge in [0.2, 0.25) is 10.0 Å². The van der Waals surface area contributed by atoms with Crippen molar-refractivity contribution in [1.29, 1.82) is 0 Å². The number of unbranched alkanes of at least 4 members (excludes halogenated alkanes) is 1. The maximum Gasteiger partial charge on any atom is 0.272 e. The van der Waals surface area contributed by atoms with E-state index in [0.29, 0.717) is 6.42 Å². The van der Waals surface area contributed by atoms with Crippen molar-refractivity contribution in [3.05, 3.63) is 36.4 Å². The fourth-order valence-electron chi connectivity index (χ4n) is 2.19. The van der Waals surface area contributed by atoms with Gasteiger partial charge in [-0.25, -0.2) is 21.9 Å². The van der Waals surface area contributed by atoms with Gasteiger partial charge in [-0.2, -0.15) is 0 Å². The molecule has 0 radical (unpaired) electrons. The summed E-state index contributed by atoms with van der Waals surface area (Å²) in [5.74, 6) is 0.101. The highest BCUT2D eigenvalue weighted by Gasteiger charge is 2.26. The van der Waals surface area contributed by atoms with E-state index in [1.165, 1.54) is 24.3 Å². The van der Waals surface area contributed by atoms with Crippen molar-refractivity contribution in [2.24, 2.45) is 0 Å². The van der Waals surface area contributed by atoms with Crippen molar-refractivity contribution >= 4 is 10.0 Å². The standard InChI is InChI=1S/C17H25F2NO3S/c1-4-5-6-7-11-17(2,3)20-24(21,22)15-10-8-9-14(12-15)23-13-16(18)19/h4-5,8-10,12,16,20H,6-7,11,13H2,1-3H3/b5-4+. The number of halogens is 2. The average molecular weight is 361 g/mol. The monoisotopic (exact) mass is 361 g/mol. The Morgan fingerprint density at radius 3 is 2.67 bits per heavy atom. The van der Waals surface area contributed by atoms with Gasteiger partial charge in [-0.15, -0.1) is 0 Å². The number of nitrogens with one attached hydrogen (secondary N) is 1. The normalized spacial score (nSPS) is 12.9. The second kappa shape index (κ2) is 9.13. The van der Waals surface area contributed by atoms with Crippen LogP contribution >= 0.6 is 0 Å². The van der Waals surface area contributed by atoms with Crippen LogP contribution in [0, 0.1) is 0 Å². The third-order valence-electron chi connectivity index (χ3n) is 3.31. The lowest BCUT2D eigenvalue weighted by molar-refractivity contribution is 0.0818. The Morgan fingerprint density at radius 1 is 1.33 bits per heavy atom. The number of hydrogen-bond acceptors (Lipinski definition) is 3. The molecule has 0 bridgehead atoms. The predicted molar refractivity (Wildman–Crippen MR) is 91.0 cm³/mol. The van der Waals surface area contributed by atoms with E-state index in [-0.39, 0.29) is 10.6 Å². The molecule has 0 saturated heterocycles. The Hall–Kier alpha value is -1.47. The molecule has 0 atom stereocenters. The molecule has 0 unspecified atom stereocenters. The fraction of sp³-hybridized carbons (Fsp3) is 0.529. The minimum atomic E-state index is -3.76. The van der Waals surface area contributed by atoms with Crippen molar-refractivity contribution in [2.45, 2.75) is 56.9 Å². The first kappa shape index (κ1) is 20.6. The van der Waals surface area contributed by atoms with Crippen LogP contribution in [0.4, 0.5) is 8.78 Å². The summed E-state index contributed by atoms with van der Waals surface area (Å²) in [6.07, 6.45) is 3.81. The van der Waals surface area contributed by atoms with Crippen molar-refractivity contribution in [3.8, 4) is 5.75 Å². The summed E-state index contributed by atoms with van der Waals surface area (Å²) in [5, 5.41) is 0. The SMILES string of the molecule is C/C=C/CCCC(C)(C)NS(=O)(=O)c1cccc(OCC(F)F)c1. The van der Waals surface area contributed by atoms with Crippen LogP contribution < -0.4 is 9.46 Å². The molecule has 0 spiro atoms. The molecule has 0 aliphatic carbocycles. The lowest BCUT2D eigenvalue weighted by Crippen LogP contribution is -2.43. The summed E-state index contributed by atoms with van der Waals surface area (Å²) in [5.41, 5.74) is -0.611. The summed E-state index contributed by atoms with van der Waals surface area (Å²) < 4.78 is 56.9. The van der Waals surface area contributed by atoms with Gasteiger partial charge < -0.3 is 4.74 Å². The second-order valence-corrected chi connectivity index (χ2v) is 7.81. The van der Waals surface area contributed by atoms with Crippen molar-refractivity contribution in [1.82, 2.24) is 4.72 Å². The number of ether oxygens (including phenoxy) is 1. The van der Waals surface area contributed by atoms with Crippen LogP contribution in [0.1, 0.15) is 40.0 Å². The lowest BCUT2D eigenvalue weighted by Gasteiger charge is -2.26. The number of sulfonamides is 1. The van der Waals surface area contributed by atoms with E-state index in [2.05, 4.69) is 4.72 Å². The van der Waals surface area contributed by atoms with Crippen LogP contribution in [0.2, 0.25) is 0 Å². The number of hydrogen-bond donors (Lipinski definition) is 1. The fourth-order valence-corrected chi connectivity index (χ4v) is 3.67. The maximum absolute atomic E-state index is 12.5. The van der Waals surface area contributed by atoms with E-state index in [1.54, 1.807) is 0 Å². The van der Waals surface area contributed by atoms with E-state index < -0.39 is 28.6 Å². The summed E-state index contributed by atoms with van der Waals surface area (Å²) >= 11 is 0. The number of alkyl halides is 2.